The number of rotatable bonds is 7. The summed E-state index contributed by atoms with van der Waals surface area (Å²) < 4.78 is 9.96. The van der Waals surface area contributed by atoms with Gasteiger partial charge in [-0.2, -0.15) is 0 Å². The van der Waals surface area contributed by atoms with Crippen molar-refractivity contribution in [2.75, 3.05) is 13.7 Å². The molecule has 1 saturated carbocycles. The molecule has 26 heavy (non-hydrogen) atoms. The zero-order valence-corrected chi connectivity index (χ0v) is 15.0. The molecule has 7 nitrogen and oxygen atoms in total. The van der Waals surface area contributed by atoms with E-state index in [0.29, 0.717) is 24.2 Å². The molecule has 0 N–H and O–H groups in total. The fourth-order valence-electron chi connectivity index (χ4n) is 3.34. The van der Waals surface area contributed by atoms with E-state index in [0.717, 1.165) is 18.9 Å². The molecule has 0 saturated heterocycles. The van der Waals surface area contributed by atoms with Crippen LogP contribution in [0.1, 0.15) is 44.1 Å². The van der Waals surface area contributed by atoms with Gasteiger partial charge in [0.05, 0.1) is 30.6 Å². The Balaban J connectivity index is 2.50. The number of nitro groups is 1. The van der Waals surface area contributed by atoms with E-state index >= 15 is 0 Å². The molecule has 1 fully saturated rings. The van der Waals surface area contributed by atoms with E-state index < -0.39 is 22.7 Å². The topological polar surface area (TPSA) is 95.7 Å². The van der Waals surface area contributed by atoms with Crippen molar-refractivity contribution in [1.29, 1.82) is 0 Å². The molecule has 2 atom stereocenters. The molecule has 1 aromatic rings. The van der Waals surface area contributed by atoms with Gasteiger partial charge in [0.2, 0.25) is 0 Å². The molecule has 1 aliphatic carbocycles. The number of methoxy groups -OCH3 is 1. The summed E-state index contributed by atoms with van der Waals surface area (Å²) in [5, 5.41) is 11.7. The first-order valence-corrected chi connectivity index (χ1v) is 8.67. The van der Waals surface area contributed by atoms with Crippen molar-refractivity contribution in [2.24, 2.45) is 5.92 Å². The van der Waals surface area contributed by atoms with Crippen LogP contribution in [0.2, 0.25) is 0 Å². The molecule has 0 spiro atoms. The minimum atomic E-state index is -0.798. The van der Waals surface area contributed by atoms with E-state index in [9.17, 15) is 19.7 Å². The van der Waals surface area contributed by atoms with Crippen LogP contribution in [-0.4, -0.2) is 30.4 Å². The number of carbonyl (C=O) groups excluding carboxylic acids is 2. The quantitative estimate of drug-likeness (QED) is 0.320. The summed E-state index contributed by atoms with van der Waals surface area (Å²) in [6, 6.07) is 6.79. The fourth-order valence-corrected chi connectivity index (χ4v) is 3.34. The van der Waals surface area contributed by atoms with Crippen LogP contribution in [0.15, 0.2) is 36.0 Å². The zero-order chi connectivity index (χ0) is 19.1. The van der Waals surface area contributed by atoms with Crippen molar-refractivity contribution in [1.82, 2.24) is 0 Å². The lowest BCUT2D eigenvalue weighted by atomic mass is 9.74. The predicted molar refractivity (Wildman–Crippen MR) is 94.4 cm³/mol. The van der Waals surface area contributed by atoms with Crippen molar-refractivity contribution < 1.29 is 24.0 Å². The number of Topliss-reactive ketones (excluding diaryl/α,β-unsaturated/α-hetero) is 1. The SMILES string of the molecule is CCOC(=O)/C=C(/[C@@H](c1ccc(OC)cc1)[C@@H]1CCCCC1=O)[N+](=O)[O-]. The first-order valence-electron chi connectivity index (χ1n) is 8.67. The molecule has 0 bridgehead atoms. The van der Waals surface area contributed by atoms with E-state index in [1.165, 1.54) is 7.11 Å². The summed E-state index contributed by atoms with van der Waals surface area (Å²) in [7, 11) is 1.53. The van der Waals surface area contributed by atoms with Crippen molar-refractivity contribution in [3.63, 3.8) is 0 Å². The average molecular weight is 361 g/mol. The Bertz CT molecular complexity index is 694. The molecule has 0 aromatic heterocycles. The number of allylic oxidation sites excluding steroid dienone is 1. The highest BCUT2D eigenvalue weighted by Crippen LogP contribution is 2.39. The van der Waals surface area contributed by atoms with Crippen LogP contribution in [0, 0.1) is 16.0 Å². The number of ether oxygens (including phenoxy) is 2. The summed E-state index contributed by atoms with van der Waals surface area (Å²) in [5.41, 5.74) is 0.298. The van der Waals surface area contributed by atoms with Gasteiger partial charge >= 0.3 is 5.97 Å². The Morgan fingerprint density at radius 1 is 1.35 bits per heavy atom. The monoisotopic (exact) mass is 361 g/mol. The van der Waals surface area contributed by atoms with Gasteiger partial charge in [-0.1, -0.05) is 18.6 Å². The van der Waals surface area contributed by atoms with E-state index in [1.807, 2.05) is 0 Å². The molecule has 7 heteroatoms. The maximum Gasteiger partial charge on any atom is 0.337 e. The number of hydrogen-bond acceptors (Lipinski definition) is 6. The van der Waals surface area contributed by atoms with Crippen LogP contribution < -0.4 is 4.74 Å². The molecule has 1 aliphatic rings. The molecule has 0 radical (unpaired) electrons. The molecule has 0 unspecified atom stereocenters. The van der Waals surface area contributed by atoms with Gasteiger partial charge in [-0.05, 0) is 37.5 Å². The Hall–Kier alpha value is -2.70. The molecule has 2 rings (SSSR count). The van der Waals surface area contributed by atoms with E-state index in [4.69, 9.17) is 9.47 Å². The number of hydrogen-bond donors (Lipinski definition) is 0. The molecule has 1 aromatic carbocycles. The summed E-state index contributed by atoms with van der Waals surface area (Å²) in [6.45, 7) is 1.75. The lowest BCUT2D eigenvalue weighted by molar-refractivity contribution is -0.431. The largest absolute Gasteiger partial charge is 0.497 e. The Morgan fingerprint density at radius 2 is 2.04 bits per heavy atom. The molecule has 0 heterocycles. The minimum Gasteiger partial charge on any atom is -0.497 e. The van der Waals surface area contributed by atoms with Crippen LogP contribution >= 0.6 is 0 Å². The Morgan fingerprint density at radius 3 is 2.58 bits per heavy atom. The van der Waals surface area contributed by atoms with E-state index in [-0.39, 0.29) is 18.1 Å². The number of esters is 1. The molecular formula is C19H23NO6. The average Bonchev–Trinajstić information content (AvgIpc) is 2.63. The Labute approximate surface area is 152 Å². The molecule has 140 valence electrons. The Kier molecular flexibility index (Phi) is 6.89. The number of carbonyl (C=O) groups is 2. The van der Waals surface area contributed by atoms with Crippen molar-refractivity contribution in [3.8, 4) is 5.75 Å². The summed E-state index contributed by atoms with van der Waals surface area (Å²) in [4.78, 5) is 35.5. The zero-order valence-electron chi connectivity index (χ0n) is 15.0. The first kappa shape index (κ1) is 19.6. The van der Waals surface area contributed by atoms with Gasteiger partial charge in [-0.25, -0.2) is 4.79 Å². The second kappa shape index (κ2) is 9.12. The third-order valence-corrected chi connectivity index (χ3v) is 4.56. The van der Waals surface area contributed by atoms with Gasteiger partial charge in [0, 0.05) is 12.3 Å². The van der Waals surface area contributed by atoms with Crippen LogP contribution in [0.25, 0.3) is 0 Å². The third kappa shape index (κ3) is 4.68. The third-order valence-electron chi connectivity index (χ3n) is 4.56. The summed E-state index contributed by atoms with van der Waals surface area (Å²) in [5.74, 6) is -1.49. The summed E-state index contributed by atoms with van der Waals surface area (Å²) >= 11 is 0. The van der Waals surface area contributed by atoms with Gasteiger partial charge < -0.3 is 9.47 Å². The summed E-state index contributed by atoms with van der Waals surface area (Å²) in [6.07, 6.45) is 3.49. The molecule has 0 amide bonds. The number of benzene rings is 1. The second-order valence-corrected chi connectivity index (χ2v) is 6.15. The van der Waals surface area contributed by atoms with Crippen LogP contribution in [-0.2, 0) is 14.3 Å². The second-order valence-electron chi connectivity index (χ2n) is 6.15. The molecule has 0 aliphatic heterocycles. The van der Waals surface area contributed by atoms with Crippen molar-refractivity contribution in [3.05, 3.63) is 51.7 Å². The molecular weight excluding hydrogens is 338 g/mol. The highest BCUT2D eigenvalue weighted by molar-refractivity contribution is 5.85. The highest BCUT2D eigenvalue weighted by Gasteiger charge is 2.39. The normalized spacial score (nSPS) is 18.9. The maximum atomic E-state index is 12.5. The predicted octanol–water partition coefficient (Wildman–Crippen LogP) is 3.26. The van der Waals surface area contributed by atoms with Crippen LogP contribution in [0.3, 0.4) is 0 Å². The smallest absolute Gasteiger partial charge is 0.337 e. The van der Waals surface area contributed by atoms with E-state index in [1.54, 1.807) is 31.2 Å². The van der Waals surface area contributed by atoms with Crippen LogP contribution in [0.4, 0.5) is 0 Å². The minimum absolute atomic E-state index is 0.00585. The number of ketones is 1. The van der Waals surface area contributed by atoms with E-state index in [2.05, 4.69) is 0 Å². The van der Waals surface area contributed by atoms with Gasteiger partial charge in [-0.15, -0.1) is 0 Å². The van der Waals surface area contributed by atoms with Crippen LogP contribution in [0.5, 0.6) is 5.75 Å². The lowest BCUT2D eigenvalue weighted by Crippen LogP contribution is -2.29. The van der Waals surface area contributed by atoms with Crippen molar-refractivity contribution >= 4 is 11.8 Å². The maximum absolute atomic E-state index is 12.5. The number of nitrogens with zero attached hydrogens (tertiary/aromatic N) is 1. The fraction of sp³-hybridized carbons (Fsp3) is 0.474. The van der Waals surface area contributed by atoms with Gasteiger partial charge in [0.1, 0.15) is 11.5 Å². The van der Waals surface area contributed by atoms with Crippen molar-refractivity contribution in [2.45, 2.75) is 38.5 Å². The first-order chi connectivity index (χ1) is 12.5. The highest BCUT2D eigenvalue weighted by atomic mass is 16.6. The van der Waals surface area contributed by atoms with Gasteiger partial charge in [-0.3, -0.25) is 14.9 Å². The standard InChI is InChI=1S/C19H23NO6/c1-3-26-18(22)12-16(20(23)24)19(15-6-4-5-7-17(15)21)13-8-10-14(25-2)11-9-13/h8-12,15,19H,3-7H2,1-2H3/b16-12-/t15-,19+/m1/s1. The van der Waals surface area contributed by atoms with Gasteiger partial charge in [0.15, 0.2) is 0 Å². The van der Waals surface area contributed by atoms with Gasteiger partial charge in [0.25, 0.3) is 5.70 Å². The lowest BCUT2D eigenvalue weighted by Gasteiger charge is -2.27.